The number of aromatic amines is 2. The van der Waals surface area contributed by atoms with Gasteiger partial charge in [0.2, 0.25) is 0 Å². The number of hydrogen-bond acceptors (Lipinski definition) is 6. The minimum Gasteiger partial charge on any atom is -0.469 e. The van der Waals surface area contributed by atoms with Gasteiger partial charge in [-0.2, -0.15) is 0 Å². The van der Waals surface area contributed by atoms with Gasteiger partial charge >= 0.3 is 11.9 Å². The molecule has 6 heterocycles. The van der Waals surface area contributed by atoms with Crippen molar-refractivity contribution in [3.63, 3.8) is 0 Å². The summed E-state index contributed by atoms with van der Waals surface area (Å²) in [6.07, 6.45) is 3.54. The molecule has 0 amide bonds. The van der Waals surface area contributed by atoms with Crippen molar-refractivity contribution in [2.45, 2.75) is 72.3 Å². The lowest BCUT2D eigenvalue weighted by Gasteiger charge is -2.19. The molecular formula is C34H36N4O4. The first-order chi connectivity index (χ1) is 20.2. The van der Waals surface area contributed by atoms with E-state index in [2.05, 4.69) is 56.4 Å². The molecule has 3 aliphatic rings. The van der Waals surface area contributed by atoms with Gasteiger partial charge in [-0.15, -0.1) is 0 Å². The third kappa shape index (κ3) is 4.28. The Hall–Kier alpha value is -4.46. The second-order valence-electron chi connectivity index (χ2n) is 11.4. The van der Waals surface area contributed by atoms with E-state index >= 15 is 0 Å². The Balaban J connectivity index is 1.76. The van der Waals surface area contributed by atoms with Gasteiger partial charge in [0.15, 0.2) is 0 Å². The summed E-state index contributed by atoms with van der Waals surface area (Å²) in [6, 6.07) is 6.22. The molecule has 2 N–H and O–H groups in total. The molecule has 0 aromatic carbocycles. The van der Waals surface area contributed by atoms with E-state index in [1.54, 1.807) is 0 Å². The van der Waals surface area contributed by atoms with Crippen LogP contribution in [0.2, 0.25) is 0 Å². The Morgan fingerprint density at radius 2 is 1.83 bits per heavy atom. The number of hydrogen-bond donors (Lipinski definition) is 2. The van der Waals surface area contributed by atoms with Gasteiger partial charge in [0.05, 0.1) is 35.3 Å². The summed E-state index contributed by atoms with van der Waals surface area (Å²) in [5, 5.41) is 0. The van der Waals surface area contributed by atoms with E-state index in [0.717, 1.165) is 84.7 Å². The minimum absolute atomic E-state index is 0.0200. The summed E-state index contributed by atoms with van der Waals surface area (Å²) < 4.78 is 10.7. The Labute approximate surface area is 244 Å². The fourth-order valence-corrected chi connectivity index (χ4v) is 6.64. The zero-order valence-electron chi connectivity index (χ0n) is 25.0. The van der Waals surface area contributed by atoms with E-state index in [4.69, 9.17) is 19.4 Å². The summed E-state index contributed by atoms with van der Waals surface area (Å²) in [7, 11) is 1.41. The standard InChI is InChI=1S/C34H36N4O4/c1-8-20-16(3)24-12-26-18(5)22(10-11-30(39)41-7)32(37-26)23-15-42-34(40)31-19(6)27(38-33(23)31)14-29-21(9-2)17(4)25(36-29)13-28(20)35-24/h8,12-14,18,22,35,38H,1,9-11,15H2,2-7H3/t18-,22-/m0/s1. The molecule has 42 heavy (non-hydrogen) atoms. The van der Waals surface area contributed by atoms with E-state index in [1.807, 2.05) is 19.1 Å². The highest BCUT2D eigenvalue weighted by atomic mass is 16.5. The van der Waals surface area contributed by atoms with Crippen LogP contribution in [-0.2, 0) is 20.9 Å². The lowest BCUT2D eigenvalue weighted by atomic mass is 9.85. The van der Waals surface area contributed by atoms with Crippen molar-refractivity contribution in [3.05, 3.63) is 75.4 Å². The van der Waals surface area contributed by atoms with Gasteiger partial charge in [0.1, 0.15) is 6.61 Å². The summed E-state index contributed by atoms with van der Waals surface area (Å²) >= 11 is 0. The van der Waals surface area contributed by atoms with Crippen LogP contribution in [0.1, 0.15) is 107 Å². The number of aromatic nitrogens is 4. The minimum atomic E-state index is -0.351. The maximum absolute atomic E-state index is 13.1. The number of nitrogens with one attached hydrogen (secondary N) is 2. The SMILES string of the molecule is C=Cc1c(C)c2cc3nc(c4c5[nH]c(cc6nc(cc1[nH]2)C(C)=C6CC)c(C)c5C(=O)OC4)[C@@H](CCC(=O)OC)[C@@H]3C. The Kier molecular flexibility index (Phi) is 6.87. The Morgan fingerprint density at radius 1 is 1.10 bits per heavy atom. The molecule has 216 valence electrons. The fraction of sp³-hybridized carbons (Fsp3) is 0.353. The smallest absolute Gasteiger partial charge is 0.340 e. The van der Waals surface area contributed by atoms with Gasteiger partial charge < -0.3 is 19.4 Å². The van der Waals surface area contributed by atoms with Gasteiger partial charge in [0.25, 0.3) is 0 Å². The molecule has 0 aliphatic carbocycles. The van der Waals surface area contributed by atoms with E-state index in [0.29, 0.717) is 12.0 Å². The molecule has 8 bridgehead atoms. The van der Waals surface area contributed by atoms with Gasteiger partial charge in [0, 0.05) is 51.6 Å². The molecule has 3 aromatic rings. The molecule has 2 atom stereocenters. The number of H-pyrrole nitrogens is 2. The van der Waals surface area contributed by atoms with Crippen molar-refractivity contribution in [1.82, 2.24) is 19.9 Å². The number of fused-ring (bicyclic) bond motifs is 8. The average Bonchev–Trinajstić information content (AvgIpc) is 3.65. The third-order valence-electron chi connectivity index (χ3n) is 9.18. The van der Waals surface area contributed by atoms with Crippen molar-refractivity contribution < 1.29 is 19.1 Å². The van der Waals surface area contributed by atoms with Gasteiger partial charge in [-0.25, -0.2) is 9.78 Å². The normalized spacial score (nSPS) is 17.8. The maximum Gasteiger partial charge on any atom is 0.340 e. The molecule has 6 rings (SSSR count). The molecule has 3 aliphatic heterocycles. The second-order valence-corrected chi connectivity index (χ2v) is 11.4. The van der Waals surface area contributed by atoms with Crippen molar-refractivity contribution in [3.8, 4) is 0 Å². The number of carbonyl (C=O) groups excluding carboxylic acids is 2. The highest BCUT2D eigenvalue weighted by Gasteiger charge is 2.35. The maximum atomic E-state index is 13.1. The van der Waals surface area contributed by atoms with Crippen molar-refractivity contribution in [1.29, 1.82) is 0 Å². The van der Waals surface area contributed by atoms with E-state index in [-0.39, 0.29) is 36.8 Å². The molecule has 3 aromatic heterocycles. The lowest BCUT2D eigenvalue weighted by Crippen LogP contribution is -2.15. The molecule has 0 saturated carbocycles. The number of nitrogens with zero attached hydrogens (tertiary/aromatic N) is 2. The number of carbonyl (C=O) groups is 2. The van der Waals surface area contributed by atoms with Gasteiger partial charge in [-0.3, -0.25) is 9.78 Å². The molecule has 0 radical (unpaired) electrons. The predicted octanol–water partition coefficient (Wildman–Crippen LogP) is 7.43. The monoisotopic (exact) mass is 564 g/mol. The molecule has 8 heteroatoms. The summed E-state index contributed by atoms with van der Waals surface area (Å²) in [5.41, 5.74) is 13.5. The van der Waals surface area contributed by atoms with Gasteiger partial charge in [-0.05, 0) is 74.1 Å². The highest BCUT2D eigenvalue weighted by Crippen LogP contribution is 2.44. The third-order valence-corrected chi connectivity index (χ3v) is 9.18. The zero-order valence-corrected chi connectivity index (χ0v) is 25.0. The van der Waals surface area contributed by atoms with Crippen LogP contribution in [0.5, 0.6) is 0 Å². The van der Waals surface area contributed by atoms with E-state index in [9.17, 15) is 9.59 Å². The van der Waals surface area contributed by atoms with E-state index in [1.165, 1.54) is 7.11 Å². The van der Waals surface area contributed by atoms with Crippen molar-refractivity contribution >= 4 is 51.2 Å². The summed E-state index contributed by atoms with van der Waals surface area (Å²) in [5.74, 6) is -0.650. The molecule has 0 unspecified atom stereocenters. The average molecular weight is 565 g/mol. The number of cyclic esters (lactones) is 1. The largest absolute Gasteiger partial charge is 0.469 e. The van der Waals surface area contributed by atoms with Crippen LogP contribution in [0.15, 0.2) is 24.8 Å². The topological polar surface area (TPSA) is 110 Å². The second kappa shape index (κ2) is 10.4. The molecule has 0 saturated heterocycles. The predicted molar refractivity (Wildman–Crippen MR) is 165 cm³/mol. The molecule has 8 nitrogen and oxygen atoms in total. The number of aryl methyl sites for hydroxylation is 2. The molecular weight excluding hydrogens is 528 g/mol. The summed E-state index contributed by atoms with van der Waals surface area (Å²) in [4.78, 5) is 42.7. The molecule has 0 fully saturated rings. The van der Waals surface area contributed by atoms with Crippen LogP contribution >= 0.6 is 0 Å². The number of methoxy groups -OCH3 is 1. The number of allylic oxidation sites excluding steroid dienone is 2. The van der Waals surface area contributed by atoms with Crippen LogP contribution in [0.3, 0.4) is 0 Å². The lowest BCUT2D eigenvalue weighted by molar-refractivity contribution is -0.140. The first kappa shape index (κ1) is 27.7. The van der Waals surface area contributed by atoms with Crippen LogP contribution in [0.4, 0.5) is 0 Å². The van der Waals surface area contributed by atoms with Crippen LogP contribution in [0.25, 0.3) is 39.3 Å². The van der Waals surface area contributed by atoms with E-state index < -0.39 is 0 Å². The van der Waals surface area contributed by atoms with Crippen molar-refractivity contribution in [2.75, 3.05) is 7.11 Å². The zero-order chi connectivity index (χ0) is 29.9. The number of ether oxygens (including phenoxy) is 2. The number of esters is 2. The van der Waals surface area contributed by atoms with Crippen molar-refractivity contribution in [2.24, 2.45) is 0 Å². The molecule has 0 spiro atoms. The van der Waals surface area contributed by atoms with Crippen LogP contribution in [-0.4, -0.2) is 39.0 Å². The van der Waals surface area contributed by atoms with Crippen LogP contribution in [0, 0.1) is 13.8 Å². The number of rotatable bonds is 5. The first-order valence-corrected chi connectivity index (χ1v) is 14.5. The summed E-state index contributed by atoms with van der Waals surface area (Å²) in [6.45, 7) is 14.6. The van der Waals surface area contributed by atoms with Crippen LogP contribution < -0.4 is 0 Å². The van der Waals surface area contributed by atoms with Gasteiger partial charge in [-0.1, -0.05) is 26.5 Å². The fourth-order valence-electron chi connectivity index (χ4n) is 6.64. The Morgan fingerprint density at radius 3 is 2.55 bits per heavy atom. The highest BCUT2D eigenvalue weighted by molar-refractivity contribution is 6.04. The quantitative estimate of drug-likeness (QED) is 0.312. The Bertz CT molecular complexity index is 1870. The first-order valence-electron chi connectivity index (χ1n) is 14.5.